The second kappa shape index (κ2) is 6.02. The van der Waals surface area contributed by atoms with E-state index in [4.69, 9.17) is 4.74 Å². The highest BCUT2D eigenvalue weighted by atomic mass is 16.5. The maximum absolute atomic E-state index is 11.7. The molecule has 1 aromatic heterocycles. The van der Waals surface area contributed by atoms with Crippen molar-refractivity contribution in [1.29, 1.82) is 0 Å². The number of ether oxygens (including phenoxy) is 1. The molecule has 0 radical (unpaired) electrons. The van der Waals surface area contributed by atoms with Crippen LogP contribution in [0.2, 0.25) is 0 Å². The standard InChI is InChI=1S/C12H21N3O2/c1-2-14-7-8-15(12(14)16)6-5-13-10-11-4-3-9-17-11/h7-8,11,13H,2-6,9-10H2,1H3. The molecule has 1 fully saturated rings. The number of aromatic nitrogens is 2. The summed E-state index contributed by atoms with van der Waals surface area (Å²) in [6, 6.07) is 0. The molecule has 2 heterocycles. The van der Waals surface area contributed by atoms with Gasteiger partial charge in [0.1, 0.15) is 0 Å². The Morgan fingerprint density at radius 3 is 2.94 bits per heavy atom. The molecule has 2 rings (SSSR count). The van der Waals surface area contributed by atoms with E-state index >= 15 is 0 Å². The topological polar surface area (TPSA) is 48.2 Å². The highest BCUT2D eigenvalue weighted by Gasteiger charge is 2.14. The second-order valence-electron chi connectivity index (χ2n) is 4.40. The normalized spacial score (nSPS) is 19.9. The van der Waals surface area contributed by atoms with Gasteiger partial charge in [0, 0.05) is 45.2 Å². The van der Waals surface area contributed by atoms with Crippen LogP contribution in [-0.2, 0) is 17.8 Å². The van der Waals surface area contributed by atoms with Crippen molar-refractivity contribution in [2.24, 2.45) is 0 Å². The predicted octanol–water partition coefficient (Wildman–Crippen LogP) is 0.438. The van der Waals surface area contributed by atoms with Crippen LogP contribution in [0.3, 0.4) is 0 Å². The van der Waals surface area contributed by atoms with Crippen LogP contribution in [0.25, 0.3) is 0 Å². The first-order chi connectivity index (χ1) is 8.31. The summed E-state index contributed by atoms with van der Waals surface area (Å²) in [4.78, 5) is 11.7. The largest absolute Gasteiger partial charge is 0.377 e. The Morgan fingerprint density at radius 2 is 2.29 bits per heavy atom. The summed E-state index contributed by atoms with van der Waals surface area (Å²) in [6.45, 7) is 6.02. The highest BCUT2D eigenvalue weighted by molar-refractivity contribution is 4.81. The lowest BCUT2D eigenvalue weighted by atomic mass is 10.2. The highest BCUT2D eigenvalue weighted by Crippen LogP contribution is 2.10. The number of hydrogen-bond acceptors (Lipinski definition) is 3. The molecule has 96 valence electrons. The number of aryl methyl sites for hydroxylation is 1. The van der Waals surface area contributed by atoms with Crippen molar-refractivity contribution < 1.29 is 4.74 Å². The average molecular weight is 239 g/mol. The van der Waals surface area contributed by atoms with Crippen LogP contribution in [0.1, 0.15) is 19.8 Å². The maximum Gasteiger partial charge on any atom is 0.328 e. The summed E-state index contributed by atoms with van der Waals surface area (Å²) >= 11 is 0. The summed E-state index contributed by atoms with van der Waals surface area (Å²) in [5, 5.41) is 3.34. The minimum absolute atomic E-state index is 0.0754. The van der Waals surface area contributed by atoms with Gasteiger partial charge in [0.15, 0.2) is 0 Å². The van der Waals surface area contributed by atoms with Crippen molar-refractivity contribution in [3.63, 3.8) is 0 Å². The SMILES string of the molecule is CCn1ccn(CCNCC2CCCO2)c1=O. The van der Waals surface area contributed by atoms with Crippen molar-refractivity contribution in [1.82, 2.24) is 14.5 Å². The number of hydrogen-bond donors (Lipinski definition) is 1. The first-order valence-electron chi connectivity index (χ1n) is 6.39. The lowest BCUT2D eigenvalue weighted by Crippen LogP contribution is -2.32. The van der Waals surface area contributed by atoms with Crippen LogP contribution < -0.4 is 11.0 Å². The van der Waals surface area contributed by atoms with E-state index in [2.05, 4.69) is 5.32 Å². The van der Waals surface area contributed by atoms with Crippen LogP contribution in [0.15, 0.2) is 17.2 Å². The Morgan fingerprint density at radius 1 is 1.47 bits per heavy atom. The van der Waals surface area contributed by atoms with Crippen molar-refractivity contribution in [2.75, 3.05) is 19.7 Å². The van der Waals surface area contributed by atoms with Crippen molar-refractivity contribution in [3.05, 3.63) is 22.9 Å². The fraction of sp³-hybridized carbons (Fsp3) is 0.750. The Labute approximate surface area is 101 Å². The van der Waals surface area contributed by atoms with Crippen molar-refractivity contribution in [2.45, 2.75) is 39.0 Å². The van der Waals surface area contributed by atoms with Gasteiger partial charge in [-0.25, -0.2) is 4.79 Å². The van der Waals surface area contributed by atoms with Gasteiger partial charge in [0.2, 0.25) is 0 Å². The van der Waals surface area contributed by atoms with E-state index in [9.17, 15) is 4.79 Å². The molecule has 0 aliphatic carbocycles. The Hall–Kier alpha value is -1.07. The van der Waals surface area contributed by atoms with Gasteiger partial charge in [-0.3, -0.25) is 9.13 Å². The quantitative estimate of drug-likeness (QED) is 0.733. The lowest BCUT2D eigenvalue weighted by Gasteiger charge is -2.10. The molecule has 1 aliphatic rings. The van der Waals surface area contributed by atoms with E-state index < -0.39 is 0 Å². The molecule has 17 heavy (non-hydrogen) atoms. The number of rotatable bonds is 6. The molecular formula is C12H21N3O2. The third kappa shape index (κ3) is 3.20. The molecule has 1 unspecified atom stereocenters. The van der Waals surface area contributed by atoms with Crippen LogP contribution in [0.4, 0.5) is 0 Å². The molecule has 1 atom stereocenters. The van der Waals surface area contributed by atoms with E-state index in [0.29, 0.717) is 6.10 Å². The van der Waals surface area contributed by atoms with E-state index in [-0.39, 0.29) is 5.69 Å². The molecule has 0 spiro atoms. The van der Waals surface area contributed by atoms with Crippen LogP contribution >= 0.6 is 0 Å². The van der Waals surface area contributed by atoms with Gasteiger partial charge in [-0.15, -0.1) is 0 Å². The monoisotopic (exact) mass is 239 g/mol. The van der Waals surface area contributed by atoms with Gasteiger partial charge in [-0.1, -0.05) is 0 Å². The van der Waals surface area contributed by atoms with E-state index in [1.54, 1.807) is 9.13 Å². The molecule has 5 nitrogen and oxygen atoms in total. The van der Waals surface area contributed by atoms with E-state index in [1.165, 1.54) is 6.42 Å². The molecule has 0 aromatic carbocycles. The van der Waals surface area contributed by atoms with E-state index in [1.807, 2.05) is 19.3 Å². The zero-order valence-corrected chi connectivity index (χ0v) is 10.4. The smallest absolute Gasteiger partial charge is 0.328 e. The number of imidazole rings is 1. The molecule has 0 bridgehead atoms. The van der Waals surface area contributed by atoms with Gasteiger partial charge in [0.25, 0.3) is 0 Å². The van der Waals surface area contributed by atoms with Gasteiger partial charge >= 0.3 is 5.69 Å². The van der Waals surface area contributed by atoms with Gasteiger partial charge in [-0.2, -0.15) is 0 Å². The summed E-state index contributed by atoms with van der Waals surface area (Å²) in [5.41, 5.74) is 0.0754. The zero-order chi connectivity index (χ0) is 12.1. The van der Waals surface area contributed by atoms with Crippen LogP contribution in [0, 0.1) is 0 Å². The maximum atomic E-state index is 11.7. The molecule has 1 saturated heterocycles. The molecule has 0 saturated carbocycles. The predicted molar refractivity (Wildman–Crippen MR) is 66.2 cm³/mol. The van der Waals surface area contributed by atoms with Gasteiger partial charge < -0.3 is 10.1 Å². The Balaban J connectivity index is 1.70. The van der Waals surface area contributed by atoms with Crippen molar-refractivity contribution in [3.8, 4) is 0 Å². The first kappa shape index (κ1) is 12.4. The minimum atomic E-state index is 0.0754. The molecule has 5 heteroatoms. The van der Waals surface area contributed by atoms with Gasteiger partial charge in [0.05, 0.1) is 6.10 Å². The van der Waals surface area contributed by atoms with Gasteiger partial charge in [-0.05, 0) is 19.8 Å². The van der Waals surface area contributed by atoms with Crippen LogP contribution in [-0.4, -0.2) is 34.9 Å². The minimum Gasteiger partial charge on any atom is -0.377 e. The molecule has 1 aliphatic heterocycles. The Kier molecular flexibility index (Phi) is 4.39. The average Bonchev–Trinajstić information content (AvgIpc) is 2.95. The van der Waals surface area contributed by atoms with Crippen LogP contribution in [0.5, 0.6) is 0 Å². The summed E-state index contributed by atoms with van der Waals surface area (Å²) in [6.07, 6.45) is 6.37. The summed E-state index contributed by atoms with van der Waals surface area (Å²) < 4.78 is 8.97. The molecule has 0 amide bonds. The Bertz CT molecular complexity index is 391. The zero-order valence-electron chi connectivity index (χ0n) is 10.4. The molecular weight excluding hydrogens is 218 g/mol. The second-order valence-corrected chi connectivity index (χ2v) is 4.40. The number of nitrogens with zero attached hydrogens (tertiary/aromatic N) is 2. The molecule has 1 N–H and O–H groups in total. The summed E-state index contributed by atoms with van der Waals surface area (Å²) in [5.74, 6) is 0. The summed E-state index contributed by atoms with van der Waals surface area (Å²) in [7, 11) is 0. The lowest BCUT2D eigenvalue weighted by molar-refractivity contribution is 0.110. The first-order valence-corrected chi connectivity index (χ1v) is 6.39. The fourth-order valence-corrected chi connectivity index (χ4v) is 2.13. The number of nitrogens with one attached hydrogen (secondary N) is 1. The van der Waals surface area contributed by atoms with Crippen molar-refractivity contribution >= 4 is 0 Å². The van der Waals surface area contributed by atoms with E-state index in [0.717, 1.165) is 39.2 Å². The third-order valence-electron chi connectivity index (χ3n) is 3.18. The third-order valence-corrected chi connectivity index (χ3v) is 3.18. The fourth-order valence-electron chi connectivity index (χ4n) is 2.13. The molecule has 1 aromatic rings.